The summed E-state index contributed by atoms with van der Waals surface area (Å²) < 4.78 is 79.3. The third kappa shape index (κ3) is 13.6. The van der Waals surface area contributed by atoms with Gasteiger partial charge in [-0.05, 0) is 23.7 Å². The Labute approximate surface area is 441 Å². The predicted molar refractivity (Wildman–Crippen MR) is 274 cm³/mol. The molecule has 0 bridgehead atoms. The number of fused-ring (bicyclic) bond motifs is 2. The molecule has 2 aliphatic rings. The topological polar surface area (TPSA) is 367 Å². The van der Waals surface area contributed by atoms with Crippen molar-refractivity contribution in [2.24, 2.45) is 11.8 Å². The van der Waals surface area contributed by atoms with E-state index in [9.17, 15) is 38.5 Å². The maximum Gasteiger partial charge on any atom is 0.695 e. The molecule has 0 saturated carbocycles. The highest BCUT2D eigenvalue weighted by Gasteiger charge is 2.56. The molecule has 2 aliphatic heterocycles. The van der Waals surface area contributed by atoms with E-state index < -0.39 is 139 Å². The number of carbonyl (C=O) groups is 3. The highest BCUT2D eigenvalue weighted by molar-refractivity contribution is 7.48. The van der Waals surface area contributed by atoms with Crippen molar-refractivity contribution < 1.29 is 70.2 Å². The van der Waals surface area contributed by atoms with Crippen LogP contribution < -0.4 is 27.1 Å². The molecule has 0 aliphatic carbocycles. The first-order valence-corrected chi connectivity index (χ1v) is 29.7. The van der Waals surface area contributed by atoms with Crippen molar-refractivity contribution in [1.82, 2.24) is 44.4 Å². The normalized spacial score (nSPS) is 22.8. The Balaban J connectivity index is 1.26. The van der Waals surface area contributed by atoms with E-state index in [0.717, 1.165) is 6.33 Å². The van der Waals surface area contributed by atoms with E-state index in [1.54, 1.807) is 58.0 Å². The van der Waals surface area contributed by atoms with Crippen LogP contribution in [0.4, 0.5) is 16.7 Å². The zero-order chi connectivity index (χ0) is 56.1. The van der Waals surface area contributed by atoms with Crippen LogP contribution in [0, 0.1) is 18.4 Å². The zero-order valence-electron chi connectivity index (χ0n) is 43.4. The quantitative estimate of drug-likeness (QED) is 0.0218. The summed E-state index contributed by atoms with van der Waals surface area (Å²) in [4.78, 5) is 101. The third-order valence-electron chi connectivity index (χ3n) is 12.8. The van der Waals surface area contributed by atoms with E-state index in [1.165, 1.54) is 15.5 Å². The standard InChI is InChI=1S/C45H60N12O17P2Si/c1-23(2)36(59)52-42-50-34-29(38(61)54-42)47-21-56(34)40-28(49-44(63)67-19-25-14-12-11-13-15-25)31(72-75(64)65)27(71-40)20-69-76(66,68-17-16-46-8)73-32-26(18-58)70-41(33(32)74-77(9,10)45(5,6)7)57-22-48-30-35(57)51-43(55-39(30)62)53-37(60)24(3)4/h11-15,21-24,26-28,31-33,40-41,58H,16-20H2,1-7,9-10H3,(H5-,49,50,51,52,53,54,55,59,60,61,62,63,64,65)/p+1/t26-,27-,28-,31-,32-,33-,40-,41?,76?/m1/s1. The fraction of sp³-hybridized carbons (Fsp3) is 0.556. The number of benzene rings is 1. The number of phosphoric acid groups is 1. The smallest absolute Gasteiger partial charge is 0.445 e. The molecule has 29 nitrogen and oxygen atoms in total. The minimum Gasteiger partial charge on any atom is -0.445 e. The van der Waals surface area contributed by atoms with Gasteiger partial charge in [-0.15, -0.1) is 9.42 Å². The van der Waals surface area contributed by atoms with Gasteiger partial charge < -0.3 is 33.9 Å². The van der Waals surface area contributed by atoms with Crippen molar-refractivity contribution in [3.63, 3.8) is 0 Å². The fourth-order valence-corrected chi connectivity index (χ4v) is 10.9. The number of nitrogens with one attached hydrogen (secondary N) is 5. The van der Waals surface area contributed by atoms with Crippen LogP contribution >= 0.6 is 16.1 Å². The number of amides is 3. The molecular weight excluding hydrogens is 1070 g/mol. The largest absolute Gasteiger partial charge is 0.695 e. The molecule has 0 spiro atoms. The van der Waals surface area contributed by atoms with E-state index >= 15 is 4.57 Å². The average molecular weight is 1130 g/mol. The van der Waals surface area contributed by atoms with E-state index in [1.807, 2.05) is 33.9 Å². The van der Waals surface area contributed by atoms with Gasteiger partial charge in [-0.2, -0.15) is 9.97 Å². The van der Waals surface area contributed by atoms with Crippen LogP contribution in [0.2, 0.25) is 18.1 Å². The first kappa shape index (κ1) is 58.5. The van der Waals surface area contributed by atoms with Gasteiger partial charge in [0.15, 0.2) is 49.2 Å². The molecule has 416 valence electrons. The van der Waals surface area contributed by atoms with Crippen molar-refractivity contribution in [1.29, 1.82) is 0 Å². The lowest BCUT2D eigenvalue weighted by Gasteiger charge is -2.40. The number of aliphatic hydroxyl groups excluding tert-OH is 1. The van der Waals surface area contributed by atoms with Gasteiger partial charge in [0.1, 0.15) is 43.7 Å². The van der Waals surface area contributed by atoms with Gasteiger partial charge in [0.2, 0.25) is 30.3 Å². The Hall–Kier alpha value is -6.19. The minimum atomic E-state index is -5.09. The van der Waals surface area contributed by atoms with Crippen LogP contribution in [0.15, 0.2) is 52.6 Å². The van der Waals surface area contributed by atoms with E-state index in [-0.39, 0.29) is 47.4 Å². The van der Waals surface area contributed by atoms with Crippen molar-refractivity contribution >= 4 is 76.5 Å². The average Bonchev–Trinajstić information content (AvgIpc) is 4.14. The Morgan fingerprint density at radius 1 is 0.883 bits per heavy atom. The van der Waals surface area contributed by atoms with Crippen LogP contribution in [-0.2, 0) is 62.1 Å². The Bertz CT molecular complexity index is 3180. The van der Waals surface area contributed by atoms with Crippen molar-refractivity contribution in [3.8, 4) is 0 Å². The summed E-state index contributed by atoms with van der Waals surface area (Å²) in [6.45, 7) is 20.8. The van der Waals surface area contributed by atoms with Crippen LogP contribution in [0.25, 0.3) is 27.2 Å². The lowest BCUT2D eigenvalue weighted by molar-refractivity contribution is -0.119. The number of alkyl carbamates (subject to hydrolysis) is 1. The Morgan fingerprint density at radius 2 is 1.44 bits per heavy atom. The predicted octanol–water partition coefficient (Wildman–Crippen LogP) is 4.39. The van der Waals surface area contributed by atoms with Gasteiger partial charge in [-0.1, -0.05) is 78.8 Å². The van der Waals surface area contributed by atoms with E-state index in [4.69, 9.17) is 43.3 Å². The van der Waals surface area contributed by atoms with Crippen LogP contribution in [0.1, 0.15) is 66.5 Å². The molecule has 4 aromatic heterocycles. The molecule has 77 heavy (non-hydrogen) atoms. The number of aromatic amines is 2. The lowest BCUT2D eigenvalue weighted by atomic mass is 10.1. The number of anilines is 2. The summed E-state index contributed by atoms with van der Waals surface area (Å²) in [6.07, 6.45) is -9.10. The number of aliphatic hydroxyl groups is 1. The summed E-state index contributed by atoms with van der Waals surface area (Å²) in [5, 5.41) is 18.1. The Morgan fingerprint density at radius 3 is 1.96 bits per heavy atom. The molecule has 3 unspecified atom stereocenters. The van der Waals surface area contributed by atoms with Crippen LogP contribution in [-0.4, -0.2) is 138 Å². The fourth-order valence-electron chi connectivity index (χ4n) is 7.72. The summed E-state index contributed by atoms with van der Waals surface area (Å²) in [5.74, 6) is -2.40. The highest BCUT2D eigenvalue weighted by Crippen LogP contribution is 2.55. The molecule has 3 amide bonds. The molecule has 2 fully saturated rings. The van der Waals surface area contributed by atoms with Gasteiger partial charge in [0.05, 0.1) is 25.9 Å². The van der Waals surface area contributed by atoms with Gasteiger partial charge in [-0.3, -0.25) is 62.5 Å². The number of hydrogen-bond donors (Lipinski definition) is 7. The summed E-state index contributed by atoms with van der Waals surface area (Å²) in [5.41, 5.74) is -1.52. The van der Waals surface area contributed by atoms with Crippen molar-refractivity contribution in [2.75, 3.05) is 37.0 Å². The minimum absolute atomic E-state index is 0.0676. The summed E-state index contributed by atoms with van der Waals surface area (Å²) in [6, 6.07) is 7.11. The maximum absolute atomic E-state index is 15.3. The second-order valence-corrected chi connectivity index (χ2v) is 27.1. The molecule has 0 radical (unpaired) electrons. The number of H-pyrrole nitrogens is 2. The maximum atomic E-state index is 15.3. The molecule has 7 rings (SSSR count). The summed E-state index contributed by atoms with van der Waals surface area (Å²) >= 11 is 0. The molecular formula is C45H61N12O17P2Si+. The molecule has 2 saturated heterocycles. The van der Waals surface area contributed by atoms with Crippen LogP contribution in [0.5, 0.6) is 0 Å². The number of rotatable bonds is 22. The molecule has 5 aromatic rings. The third-order valence-corrected chi connectivity index (χ3v) is 19.2. The number of nitrogens with zero attached hydrogens (tertiary/aromatic N) is 7. The number of hydrogen-bond acceptors (Lipinski definition) is 20. The monoisotopic (exact) mass is 1130 g/mol. The molecule has 6 heterocycles. The second-order valence-electron chi connectivity index (χ2n) is 20.0. The molecule has 7 N–H and O–H groups in total. The molecule has 1 aromatic carbocycles. The second kappa shape index (κ2) is 24.2. The lowest BCUT2D eigenvalue weighted by Crippen LogP contribution is -2.49. The van der Waals surface area contributed by atoms with Crippen molar-refractivity contribution in [3.05, 3.63) is 80.7 Å². The first-order valence-electron chi connectivity index (χ1n) is 24.2. The number of phosphoric ester groups is 1. The van der Waals surface area contributed by atoms with E-state index in [2.05, 4.69) is 50.7 Å². The number of carbonyl (C=O) groups excluding carboxylic acids is 3. The summed E-state index contributed by atoms with van der Waals surface area (Å²) in [7, 11) is -11.5. The van der Waals surface area contributed by atoms with Gasteiger partial charge >= 0.3 is 22.2 Å². The zero-order valence-corrected chi connectivity index (χ0v) is 46.2. The molecule has 10 atom stereocenters. The van der Waals surface area contributed by atoms with Crippen LogP contribution in [0.3, 0.4) is 0 Å². The van der Waals surface area contributed by atoms with E-state index in [0.29, 0.717) is 5.56 Å². The SMILES string of the molecule is [C-]#[N+]CCOP(=O)(OC[C@H]1O[C@@H](n2cnc3c(=O)[nH]c(NC(=O)C(C)C)nc32)[C@H](NC(=O)OCc2ccccc2)[C@@H]1O[P+](=O)O)O[C@@H]1[C@@H](CO)OC(n2cnc3c(=O)[nH]c(NC(=O)C(C)C)nc32)[C@@H]1O[Si](C)(C)C(C)(C)C. The number of aromatic nitrogens is 8. The number of ether oxygens (including phenoxy) is 3. The Kier molecular flexibility index (Phi) is 18.4. The van der Waals surface area contributed by atoms with Gasteiger partial charge in [0.25, 0.3) is 11.1 Å². The number of imidazole rings is 2. The first-order chi connectivity index (χ1) is 36.3. The van der Waals surface area contributed by atoms with Gasteiger partial charge in [0, 0.05) is 16.4 Å². The molecule has 32 heteroatoms. The highest BCUT2D eigenvalue weighted by atomic mass is 31.2. The van der Waals surface area contributed by atoms with Crippen molar-refractivity contribution in [2.45, 2.75) is 122 Å². The van der Waals surface area contributed by atoms with Gasteiger partial charge in [-0.25, -0.2) is 25.9 Å².